The zero-order chi connectivity index (χ0) is 27.2. The second kappa shape index (κ2) is 12.4. The Morgan fingerprint density at radius 3 is 2.87 bits per heavy atom. The number of nitrogens with zero attached hydrogens (tertiary/aromatic N) is 3. The van der Waals surface area contributed by atoms with Gasteiger partial charge in [-0.1, -0.05) is 24.3 Å². The zero-order valence-corrected chi connectivity index (χ0v) is 23.4. The number of anilines is 1. The summed E-state index contributed by atoms with van der Waals surface area (Å²) >= 11 is 1.68. The van der Waals surface area contributed by atoms with E-state index in [1.165, 1.54) is 11.1 Å². The van der Waals surface area contributed by atoms with Gasteiger partial charge in [0.1, 0.15) is 11.8 Å². The summed E-state index contributed by atoms with van der Waals surface area (Å²) in [5.74, 6) is 0.328. The molecule has 4 rings (SSSR count). The van der Waals surface area contributed by atoms with Crippen molar-refractivity contribution in [3.63, 3.8) is 0 Å². The van der Waals surface area contributed by atoms with E-state index in [0.29, 0.717) is 12.3 Å². The van der Waals surface area contributed by atoms with Crippen LogP contribution >= 0.6 is 11.9 Å². The molecule has 2 heterocycles. The number of hydrogen-bond acceptors (Lipinski definition) is 9. The number of carbonyl (C=O) groups excluding carboxylic acids is 1. The number of esters is 1. The molecule has 0 fully saturated rings. The average molecular weight is 534 g/mol. The lowest BCUT2D eigenvalue weighted by Crippen LogP contribution is -2.27. The Morgan fingerprint density at radius 2 is 2.13 bits per heavy atom. The second-order valence-corrected chi connectivity index (χ2v) is 10.6. The van der Waals surface area contributed by atoms with Crippen LogP contribution in [0.1, 0.15) is 54.0 Å². The number of ether oxygens (including phenoxy) is 2. The molecule has 0 amide bonds. The van der Waals surface area contributed by atoms with Gasteiger partial charge in [0, 0.05) is 32.3 Å². The highest BCUT2D eigenvalue weighted by Crippen LogP contribution is 2.40. The third kappa shape index (κ3) is 6.16. The average Bonchev–Trinajstić information content (AvgIpc) is 3.06. The summed E-state index contributed by atoms with van der Waals surface area (Å²) in [7, 11) is 1.81. The molecule has 0 saturated heterocycles. The Morgan fingerprint density at radius 1 is 1.32 bits per heavy atom. The van der Waals surface area contributed by atoms with Gasteiger partial charge in [-0.05, 0) is 79.6 Å². The second-order valence-electron chi connectivity index (χ2n) is 9.45. The van der Waals surface area contributed by atoms with Crippen LogP contribution in [0.2, 0.25) is 0 Å². The Bertz CT molecular complexity index is 1320. The summed E-state index contributed by atoms with van der Waals surface area (Å²) in [5, 5.41) is 6.89. The van der Waals surface area contributed by atoms with Crippen LogP contribution in [0.5, 0.6) is 5.75 Å². The quantitative estimate of drug-likeness (QED) is 0.178. The lowest BCUT2D eigenvalue weighted by atomic mass is 9.84. The van der Waals surface area contributed by atoms with Crippen molar-refractivity contribution in [1.29, 1.82) is 5.53 Å². The molecular formula is C29H35N5O3S. The molecule has 0 aliphatic carbocycles. The molecule has 9 heteroatoms. The molecule has 2 atom stereocenters. The first-order chi connectivity index (χ1) is 18.3. The van der Waals surface area contributed by atoms with E-state index < -0.39 is 0 Å². The lowest BCUT2D eigenvalue weighted by molar-refractivity contribution is -0.143. The zero-order valence-electron chi connectivity index (χ0n) is 22.6. The van der Waals surface area contributed by atoms with Crippen LogP contribution in [0.3, 0.4) is 0 Å². The van der Waals surface area contributed by atoms with Crippen molar-refractivity contribution in [3.8, 4) is 5.75 Å². The van der Waals surface area contributed by atoms with Crippen molar-refractivity contribution in [3.05, 3.63) is 76.6 Å². The molecule has 1 aromatic heterocycles. The number of rotatable bonds is 9. The minimum Gasteiger partial charge on any atom is -0.486 e. The van der Waals surface area contributed by atoms with Crippen molar-refractivity contribution in [2.75, 3.05) is 25.5 Å². The van der Waals surface area contributed by atoms with Gasteiger partial charge in [-0.2, -0.15) is 5.11 Å². The van der Waals surface area contributed by atoms with Crippen molar-refractivity contribution in [2.45, 2.75) is 57.6 Å². The minimum atomic E-state index is -0.250. The van der Waals surface area contributed by atoms with Crippen molar-refractivity contribution in [1.82, 2.24) is 9.29 Å². The van der Waals surface area contributed by atoms with Gasteiger partial charge in [-0.25, -0.2) is 9.84 Å². The molecule has 200 valence electrons. The number of carbonyl (C=O) groups is 1. The molecule has 0 bridgehead atoms. The Hall–Kier alpha value is -3.43. The van der Waals surface area contributed by atoms with Gasteiger partial charge >= 0.3 is 5.97 Å². The lowest BCUT2D eigenvalue weighted by Gasteiger charge is -2.24. The van der Waals surface area contributed by atoms with E-state index in [4.69, 9.17) is 15.0 Å². The van der Waals surface area contributed by atoms with Crippen LogP contribution in [0, 0.1) is 19.4 Å². The van der Waals surface area contributed by atoms with E-state index in [0.717, 1.165) is 46.1 Å². The molecule has 3 aromatic rings. The van der Waals surface area contributed by atoms with Gasteiger partial charge in [-0.15, -0.1) is 0 Å². The number of hydrogen-bond donors (Lipinski definition) is 2. The van der Waals surface area contributed by atoms with Crippen LogP contribution in [0.15, 0.2) is 58.8 Å². The number of nitrogens with one attached hydrogen (secondary N) is 2. The van der Waals surface area contributed by atoms with Crippen LogP contribution in [-0.2, 0) is 16.1 Å². The van der Waals surface area contributed by atoms with Crippen molar-refractivity contribution in [2.24, 2.45) is 5.11 Å². The largest absolute Gasteiger partial charge is 0.486 e. The molecule has 2 N–H and O–H groups in total. The summed E-state index contributed by atoms with van der Waals surface area (Å²) in [5.41, 5.74) is 14.3. The van der Waals surface area contributed by atoms with E-state index in [2.05, 4.69) is 51.8 Å². The highest BCUT2D eigenvalue weighted by atomic mass is 32.2. The maximum atomic E-state index is 12.7. The molecule has 0 radical (unpaired) electrons. The van der Waals surface area contributed by atoms with Crippen molar-refractivity contribution >= 4 is 29.3 Å². The third-order valence-corrected chi connectivity index (χ3v) is 7.86. The molecule has 0 spiro atoms. The highest BCUT2D eigenvalue weighted by Gasteiger charge is 2.25. The molecule has 0 saturated carbocycles. The summed E-state index contributed by atoms with van der Waals surface area (Å²) < 4.78 is 13.8. The smallest absolute Gasteiger partial charge is 0.306 e. The van der Waals surface area contributed by atoms with Crippen LogP contribution in [0.25, 0.3) is 0 Å². The van der Waals surface area contributed by atoms with Gasteiger partial charge < -0.3 is 14.8 Å². The van der Waals surface area contributed by atoms with Gasteiger partial charge in [0.25, 0.3) is 0 Å². The molecule has 38 heavy (non-hydrogen) atoms. The number of fused-ring (bicyclic) bond motifs is 1. The van der Waals surface area contributed by atoms with E-state index in [1.807, 2.05) is 39.1 Å². The van der Waals surface area contributed by atoms with Gasteiger partial charge in [0.2, 0.25) is 0 Å². The van der Waals surface area contributed by atoms with Crippen LogP contribution in [-0.4, -0.2) is 41.6 Å². The minimum absolute atomic E-state index is 0.0217. The molecule has 1 aliphatic heterocycles. The monoisotopic (exact) mass is 533 g/mol. The Kier molecular flexibility index (Phi) is 9.01. The SMILES string of the molecule is CCOC(=O)CC(c1ccc(C)c(CN2CC(C)Oc3cnccc3S2)c1)c1ccc(NC)c(N=N)c1C. The van der Waals surface area contributed by atoms with Crippen molar-refractivity contribution < 1.29 is 14.3 Å². The predicted molar refractivity (Wildman–Crippen MR) is 150 cm³/mol. The molecule has 2 unspecified atom stereocenters. The van der Waals surface area contributed by atoms with E-state index in [9.17, 15) is 4.79 Å². The van der Waals surface area contributed by atoms with Gasteiger partial charge in [-0.3, -0.25) is 9.78 Å². The summed E-state index contributed by atoms with van der Waals surface area (Å²) in [6.45, 7) is 9.77. The topological polar surface area (TPSA) is 99.9 Å². The van der Waals surface area contributed by atoms with Crippen LogP contribution in [0.4, 0.5) is 11.4 Å². The normalized spacial score (nSPS) is 16.1. The molecule has 8 nitrogen and oxygen atoms in total. The molecular weight excluding hydrogens is 498 g/mol. The predicted octanol–water partition coefficient (Wildman–Crippen LogP) is 6.78. The Balaban J connectivity index is 1.71. The molecule has 1 aliphatic rings. The van der Waals surface area contributed by atoms with E-state index in [1.54, 1.807) is 24.3 Å². The molecule has 2 aromatic carbocycles. The first-order valence-electron chi connectivity index (χ1n) is 12.8. The van der Waals surface area contributed by atoms with Crippen LogP contribution < -0.4 is 10.1 Å². The maximum Gasteiger partial charge on any atom is 0.306 e. The number of aromatic nitrogens is 1. The van der Waals surface area contributed by atoms with Gasteiger partial charge in [0.15, 0.2) is 5.75 Å². The Labute approximate surface area is 228 Å². The first-order valence-corrected chi connectivity index (χ1v) is 13.6. The summed E-state index contributed by atoms with van der Waals surface area (Å²) in [6.07, 6.45) is 3.78. The number of aryl methyl sites for hydroxylation is 1. The highest BCUT2D eigenvalue weighted by molar-refractivity contribution is 7.97. The van der Waals surface area contributed by atoms with Gasteiger partial charge in [0.05, 0.1) is 29.8 Å². The first kappa shape index (κ1) is 27.6. The summed E-state index contributed by atoms with van der Waals surface area (Å²) in [4.78, 5) is 18.0. The summed E-state index contributed by atoms with van der Waals surface area (Å²) in [6, 6.07) is 12.3. The number of pyridine rings is 1. The maximum absolute atomic E-state index is 12.7. The van der Waals surface area contributed by atoms with E-state index in [-0.39, 0.29) is 24.4 Å². The fourth-order valence-electron chi connectivity index (χ4n) is 4.85. The fourth-order valence-corrected chi connectivity index (χ4v) is 5.93. The van der Waals surface area contributed by atoms with E-state index >= 15 is 0 Å². The standard InChI is InChI=1S/C29H35N5O3S/c1-6-36-28(35)14-24(23-9-10-25(31-5)29(33-30)20(23)4)21-8-7-18(2)22(13-21)17-34-16-19(3)37-26-15-32-12-11-27(26)38-34/h7-13,15,19,24,30-31H,6,14,16-17H2,1-5H3. The third-order valence-electron chi connectivity index (χ3n) is 6.79. The number of benzene rings is 2. The fraction of sp³-hybridized carbons (Fsp3) is 0.379.